The van der Waals surface area contributed by atoms with E-state index >= 15 is 0 Å². The molecule has 0 bridgehead atoms. The summed E-state index contributed by atoms with van der Waals surface area (Å²) in [5.74, 6) is 0.446. The topological polar surface area (TPSA) is 55.1 Å². The Balaban J connectivity index is 2.07. The molecule has 2 aromatic carbocycles. The number of rotatable bonds is 3. The van der Waals surface area contributed by atoms with Crippen LogP contribution in [0.1, 0.15) is 0 Å². The molecule has 3 aromatic rings. The minimum atomic E-state index is 0.440. The zero-order chi connectivity index (χ0) is 14.1. The molecule has 3 rings (SSSR count). The van der Waals surface area contributed by atoms with E-state index in [4.69, 9.17) is 27.6 Å². The number of nitrogens with one attached hydrogen (secondary N) is 1. The van der Waals surface area contributed by atoms with E-state index in [1.54, 1.807) is 36.4 Å². The summed E-state index contributed by atoms with van der Waals surface area (Å²) in [5.41, 5.74) is 2.67. The Morgan fingerprint density at radius 3 is 2.70 bits per heavy atom. The van der Waals surface area contributed by atoms with Crippen molar-refractivity contribution < 1.29 is 9.21 Å². The van der Waals surface area contributed by atoms with Gasteiger partial charge in [0.05, 0.1) is 10.0 Å². The van der Waals surface area contributed by atoms with Crippen molar-refractivity contribution >= 4 is 46.4 Å². The van der Waals surface area contributed by atoms with Crippen LogP contribution < -0.4 is 5.32 Å². The third-order valence-corrected chi connectivity index (χ3v) is 3.52. The van der Waals surface area contributed by atoms with Crippen LogP contribution in [0.3, 0.4) is 0 Å². The number of hydrogen-bond donors (Lipinski definition) is 1. The van der Waals surface area contributed by atoms with Gasteiger partial charge in [-0.05, 0) is 36.4 Å². The minimum Gasteiger partial charge on any atom is -0.436 e. The lowest BCUT2D eigenvalue weighted by atomic mass is 10.2. The molecule has 1 N–H and O–H groups in total. The molecule has 0 spiro atoms. The van der Waals surface area contributed by atoms with E-state index in [1.807, 2.05) is 0 Å². The highest BCUT2D eigenvalue weighted by atomic mass is 35.5. The van der Waals surface area contributed by atoms with E-state index < -0.39 is 0 Å². The second-order valence-corrected chi connectivity index (χ2v) is 4.91. The first kappa shape index (κ1) is 13.0. The number of halogens is 2. The van der Waals surface area contributed by atoms with Crippen LogP contribution in [0.25, 0.3) is 22.6 Å². The molecule has 1 amide bonds. The van der Waals surface area contributed by atoms with Gasteiger partial charge in [-0.2, -0.15) is 0 Å². The fourth-order valence-electron chi connectivity index (χ4n) is 1.84. The first-order chi connectivity index (χ1) is 9.67. The number of carbonyl (C=O) groups is 1. The summed E-state index contributed by atoms with van der Waals surface area (Å²) in [7, 11) is 0. The molecule has 0 aliphatic rings. The van der Waals surface area contributed by atoms with Crippen LogP contribution in [0.5, 0.6) is 0 Å². The molecule has 0 unspecified atom stereocenters. The Labute approximate surface area is 124 Å². The Morgan fingerprint density at radius 2 is 1.95 bits per heavy atom. The Morgan fingerprint density at radius 1 is 1.10 bits per heavy atom. The van der Waals surface area contributed by atoms with Gasteiger partial charge in [0, 0.05) is 11.3 Å². The van der Waals surface area contributed by atoms with Gasteiger partial charge in [-0.1, -0.05) is 23.2 Å². The number of amides is 1. The maximum Gasteiger partial charge on any atom is 0.227 e. The molecule has 0 aliphatic heterocycles. The van der Waals surface area contributed by atoms with Gasteiger partial charge in [-0.25, -0.2) is 4.98 Å². The van der Waals surface area contributed by atoms with Crippen molar-refractivity contribution in [3.8, 4) is 11.5 Å². The van der Waals surface area contributed by atoms with E-state index in [9.17, 15) is 4.79 Å². The van der Waals surface area contributed by atoms with Crippen LogP contribution in [0, 0.1) is 0 Å². The maximum absolute atomic E-state index is 10.4. The minimum absolute atomic E-state index is 0.440. The fraction of sp³-hybridized carbons (Fsp3) is 0. The predicted molar refractivity (Wildman–Crippen MR) is 79.2 cm³/mol. The van der Waals surface area contributed by atoms with Crippen LogP contribution in [-0.2, 0) is 4.79 Å². The second kappa shape index (κ2) is 5.15. The number of carbonyl (C=O) groups excluding carboxylic acids is 1. The first-order valence-corrected chi connectivity index (χ1v) is 6.49. The third-order valence-electron chi connectivity index (χ3n) is 2.78. The molecule has 0 radical (unpaired) electrons. The van der Waals surface area contributed by atoms with E-state index in [2.05, 4.69) is 10.3 Å². The first-order valence-electron chi connectivity index (χ1n) is 5.73. The Kier molecular flexibility index (Phi) is 3.34. The van der Waals surface area contributed by atoms with E-state index in [1.165, 1.54) is 0 Å². The molecule has 0 saturated heterocycles. The van der Waals surface area contributed by atoms with Crippen molar-refractivity contribution in [1.29, 1.82) is 0 Å². The summed E-state index contributed by atoms with van der Waals surface area (Å²) in [6.45, 7) is 0. The lowest BCUT2D eigenvalue weighted by Crippen LogP contribution is -1.92. The zero-order valence-corrected chi connectivity index (χ0v) is 11.6. The molecule has 100 valence electrons. The molecule has 1 heterocycles. The second-order valence-electron chi connectivity index (χ2n) is 4.09. The highest BCUT2D eigenvalue weighted by molar-refractivity contribution is 6.42. The van der Waals surface area contributed by atoms with Gasteiger partial charge >= 0.3 is 0 Å². The molecular weight excluding hydrogens is 299 g/mol. The lowest BCUT2D eigenvalue weighted by Gasteiger charge is -1.97. The van der Waals surface area contributed by atoms with Crippen molar-refractivity contribution in [1.82, 2.24) is 4.98 Å². The summed E-state index contributed by atoms with van der Waals surface area (Å²) in [6, 6.07) is 10.4. The van der Waals surface area contributed by atoms with Crippen molar-refractivity contribution in [3.05, 3.63) is 46.4 Å². The summed E-state index contributed by atoms with van der Waals surface area (Å²) in [6.07, 6.45) is 0.612. The molecular formula is C14H8Cl2N2O2. The summed E-state index contributed by atoms with van der Waals surface area (Å²) >= 11 is 11.9. The zero-order valence-electron chi connectivity index (χ0n) is 10.1. The molecule has 0 atom stereocenters. The molecule has 4 nitrogen and oxygen atoms in total. The molecule has 20 heavy (non-hydrogen) atoms. The highest BCUT2D eigenvalue weighted by Crippen LogP contribution is 2.30. The number of benzene rings is 2. The van der Waals surface area contributed by atoms with Gasteiger partial charge in [-0.15, -0.1) is 0 Å². The quantitative estimate of drug-likeness (QED) is 0.731. The van der Waals surface area contributed by atoms with Gasteiger partial charge < -0.3 is 9.73 Å². The van der Waals surface area contributed by atoms with Crippen molar-refractivity contribution in [3.63, 3.8) is 0 Å². The van der Waals surface area contributed by atoms with Gasteiger partial charge in [0.25, 0.3) is 0 Å². The number of hydrogen-bond acceptors (Lipinski definition) is 3. The smallest absolute Gasteiger partial charge is 0.227 e. The lowest BCUT2D eigenvalue weighted by molar-refractivity contribution is -0.105. The summed E-state index contributed by atoms with van der Waals surface area (Å²) in [5, 5.41) is 3.48. The Hall–Kier alpha value is -2.04. The van der Waals surface area contributed by atoms with E-state index in [0.29, 0.717) is 39.1 Å². The predicted octanol–water partition coefficient (Wildman–Crippen LogP) is 4.37. The SMILES string of the molecule is O=CNc1ccc2oc(-c3ccc(Cl)c(Cl)c3)nc2c1. The molecule has 6 heteroatoms. The maximum atomic E-state index is 10.4. The average molecular weight is 307 g/mol. The van der Waals surface area contributed by atoms with Crippen LogP contribution >= 0.6 is 23.2 Å². The monoisotopic (exact) mass is 306 g/mol. The number of anilines is 1. The van der Waals surface area contributed by atoms with Crippen LogP contribution in [0.2, 0.25) is 10.0 Å². The van der Waals surface area contributed by atoms with Crippen molar-refractivity contribution in [2.45, 2.75) is 0 Å². The van der Waals surface area contributed by atoms with Crippen molar-refractivity contribution in [2.75, 3.05) is 5.32 Å². The fourth-order valence-corrected chi connectivity index (χ4v) is 2.14. The van der Waals surface area contributed by atoms with Gasteiger partial charge in [-0.3, -0.25) is 4.79 Å². The standard InChI is InChI=1S/C14H8Cl2N2O2/c15-10-3-1-8(5-11(10)16)14-18-12-6-9(17-7-19)2-4-13(12)20-14/h1-7H,(H,17,19). The largest absolute Gasteiger partial charge is 0.436 e. The average Bonchev–Trinajstić information content (AvgIpc) is 2.85. The molecule has 0 aliphatic carbocycles. The summed E-state index contributed by atoms with van der Waals surface area (Å²) in [4.78, 5) is 14.8. The Bertz CT molecular complexity index is 799. The highest BCUT2D eigenvalue weighted by Gasteiger charge is 2.10. The molecule has 0 saturated carbocycles. The van der Waals surface area contributed by atoms with Crippen molar-refractivity contribution in [2.24, 2.45) is 0 Å². The number of aromatic nitrogens is 1. The molecule has 0 fully saturated rings. The van der Waals surface area contributed by atoms with Gasteiger partial charge in [0.15, 0.2) is 5.58 Å². The molecule has 1 aromatic heterocycles. The number of nitrogens with zero attached hydrogens (tertiary/aromatic N) is 1. The normalized spacial score (nSPS) is 10.7. The van der Waals surface area contributed by atoms with Gasteiger partial charge in [0.1, 0.15) is 5.52 Å². The number of oxazole rings is 1. The van der Waals surface area contributed by atoms with Crippen LogP contribution in [0.4, 0.5) is 5.69 Å². The van der Waals surface area contributed by atoms with Crippen LogP contribution in [0.15, 0.2) is 40.8 Å². The number of fused-ring (bicyclic) bond motifs is 1. The van der Waals surface area contributed by atoms with E-state index in [-0.39, 0.29) is 0 Å². The van der Waals surface area contributed by atoms with Crippen LogP contribution in [-0.4, -0.2) is 11.4 Å². The summed E-state index contributed by atoms with van der Waals surface area (Å²) < 4.78 is 5.65. The van der Waals surface area contributed by atoms with Gasteiger partial charge in [0.2, 0.25) is 12.3 Å². The third kappa shape index (κ3) is 2.35. The van der Waals surface area contributed by atoms with E-state index in [0.717, 1.165) is 5.56 Å².